The molecule has 156 valence electrons. The van der Waals surface area contributed by atoms with Gasteiger partial charge in [-0.25, -0.2) is 0 Å². The van der Waals surface area contributed by atoms with Crippen LogP contribution in [0.3, 0.4) is 0 Å². The third-order valence-electron chi connectivity index (χ3n) is 5.44. The van der Waals surface area contributed by atoms with E-state index in [1.807, 2.05) is 7.05 Å². The minimum absolute atomic E-state index is 1.01. The second-order valence-corrected chi connectivity index (χ2v) is 7.31. The molecule has 0 atom stereocenters. The number of unbranched alkanes of at least 4 members (excludes halogenated alkanes) is 1. The summed E-state index contributed by atoms with van der Waals surface area (Å²) in [6.45, 7) is 14.2. The van der Waals surface area contributed by atoms with Crippen molar-refractivity contribution in [1.29, 1.82) is 0 Å². The maximum Gasteiger partial charge on any atom is 0.193 e. The number of guanidine groups is 1. The summed E-state index contributed by atoms with van der Waals surface area (Å²) in [7, 11) is 1.90. The van der Waals surface area contributed by atoms with Crippen molar-refractivity contribution < 1.29 is 0 Å². The zero-order valence-corrected chi connectivity index (χ0v) is 18.1. The molecule has 1 fully saturated rings. The first-order chi connectivity index (χ1) is 13.8. The zero-order valence-electron chi connectivity index (χ0n) is 18.1. The molecule has 0 unspecified atom stereocenters. The molecule has 5 heteroatoms. The van der Waals surface area contributed by atoms with Crippen molar-refractivity contribution in [2.45, 2.75) is 26.7 Å². The number of nitrogens with zero attached hydrogens (tertiary/aromatic N) is 4. The fourth-order valence-electron chi connectivity index (χ4n) is 3.58. The Morgan fingerprint density at radius 1 is 1.07 bits per heavy atom. The fourth-order valence-corrected chi connectivity index (χ4v) is 3.58. The van der Waals surface area contributed by atoms with Gasteiger partial charge in [-0.05, 0) is 38.0 Å². The smallest absolute Gasteiger partial charge is 0.193 e. The lowest BCUT2D eigenvalue weighted by atomic mass is 10.2. The van der Waals surface area contributed by atoms with Crippen LogP contribution >= 0.6 is 0 Å². The van der Waals surface area contributed by atoms with E-state index in [0.29, 0.717) is 0 Å². The van der Waals surface area contributed by atoms with Crippen LogP contribution in [-0.2, 0) is 0 Å². The van der Waals surface area contributed by atoms with E-state index in [9.17, 15) is 0 Å². The highest BCUT2D eigenvalue weighted by Crippen LogP contribution is 2.05. The summed E-state index contributed by atoms with van der Waals surface area (Å²) >= 11 is 0. The summed E-state index contributed by atoms with van der Waals surface area (Å²) in [5.74, 6) is 1.06. The molecule has 1 aromatic rings. The number of nitrogens with one attached hydrogen (secondary N) is 1. The minimum atomic E-state index is 1.01. The molecule has 0 aliphatic carbocycles. The maximum atomic E-state index is 4.49. The SMILES string of the molecule is CCN(CC)CCCCNC(=NC)N1CCN(C/C=C/c2ccccc2)CC1. The Hall–Kier alpha value is -1.85. The van der Waals surface area contributed by atoms with E-state index in [-0.39, 0.29) is 0 Å². The normalized spacial score (nSPS) is 16.3. The average molecular weight is 386 g/mol. The molecule has 1 aliphatic heterocycles. The van der Waals surface area contributed by atoms with Gasteiger partial charge in [0.2, 0.25) is 0 Å². The van der Waals surface area contributed by atoms with Crippen LogP contribution in [-0.4, -0.2) is 86.6 Å². The second kappa shape index (κ2) is 13.3. The van der Waals surface area contributed by atoms with Crippen LogP contribution in [0.2, 0.25) is 0 Å². The van der Waals surface area contributed by atoms with E-state index in [1.54, 1.807) is 0 Å². The Morgan fingerprint density at radius 3 is 2.43 bits per heavy atom. The van der Waals surface area contributed by atoms with Gasteiger partial charge in [0.05, 0.1) is 0 Å². The largest absolute Gasteiger partial charge is 0.356 e. The average Bonchev–Trinajstić information content (AvgIpc) is 2.75. The van der Waals surface area contributed by atoms with Crippen molar-refractivity contribution in [2.24, 2.45) is 4.99 Å². The molecule has 1 aromatic carbocycles. The van der Waals surface area contributed by atoms with Gasteiger partial charge in [-0.2, -0.15) is 0 Å². The van der Waals surface area contributed by atoms with Crippen molar-refractivity contribution >= 4 is 12.0 Å². The Morgan fingerprint density at radius 2 is 1.79 bits per heavy atom. The molecule has 1 N–H and O–H groups in total. The van der Waals surface area contributed by atoms with Gasteiger partial charge >= 0.3 is 0 Å². The van der Waals surface area contributed by atoms with Crippen molar-refractivity contribution in [1.82, 2.24) is 20.0 Å². The minimum Gasteiger partial charge on any atom is -0.356 e. The van der Waals surface area contributed by atoms with Crippen molar-refractivity contribution in [3.8, 4) is 0 Å². The Bertz CT molecular complexity index is 572. The maximum absolute atomic E-state index is 4.49. The molecule has 1 saturated heterocycles. The van der Waals surface area contributed by atoms with Crippen LogP contribution in [0, 0.1) is 0 Å². The summed E-state index contributed by atoms with van der Waals surface area (Å²) < 4.78 is 0. The highest BCUT2D eigenvalue weighted by molar-refractivity contribution is 5.79. The summed E-state index contributed by atoms with van der Waals surface area (Å²) in [6, 6.07) is 10.5. The van der Waals surface area contributed by atoms with E-state index < -0.39 is 0 Å². The van der Waals surface area contributed by atoms with Crippen LogP contribution < -0.4 is 5.32 Å². The third-order valence-corrected chi connectivity index (χ3v) is 5.44. The number of aliphatic imine (C=N–C) groups is 1. The van der Waals surface area contributed by atoms with E-state index in [2.05, 4.69) is 81.3 Å². The van der Waals surface area contributed by atoms with Gasteiger partial charge in [0.1, 0.15) is 0 Å². The molecule has 0 bridgehead atoms. The summed E-state index contributed by atoms with van der Waals surface area (Å²) in [5, 5.41) is 3.55. The standard InChI is InChI=1S/C23H39N5/c1-4-26(5-2)16-10-9-15-25-23(24-3)28-20-18-27(19-21-28)17-11-14-22-12-7-6-8-13-22/h6-8,11-14H,4-5,9-10,15-21H2,1-3H3,(H,24,25)/b14-11+. The van der Waals surface area contributed by atoms with Gasteiger partial charge in [-0.15, -0.1) is 0 Å². The third kappa shape index (κ3) is 8.03. The van der Waals surface area contributed by atoms with Crippen LogP contribution in [0.4, 0.5) is 0 Å². The van der Waals surface area contributed by atoms with Crippen molar-refractivity contribution in [3.63, 3.8) is 0 Å². The first-order valence-electron chi connectivity index (χ1n) is 10.9. The molecule has 28 heavy (non-hydrogen) atoms. The Kier molecular flexibility index (Phi) is 10.7. The molecule has 1 heterocycles. The first kappa shape index (κ1) is 22.4. The summed E-state index contributed by atoms with van der Waals surface area (Å²) in [4.78, 5) is 11.9. The number of hydrogen-bond acceptors (Lipinski definition) is 3. The number of benzene rings is 1. The highest BCUT2D eigenvalue weighted by Gasteiger charge is 2.18. The van der Waals surface area contributed by atoms with E-state index in [0.717, 1.165) is 58.3 Å². The van der Waals surface area contributed by atoms with Gasteiger partial charge in [0, 0.05) is 46.3 Å². The second-order valence-electron chi connectivity index (χ2n) is 7.31. The van der Waals surface area contributed by atoms with Gasteiger partial charge < -0.3 is 15.1 Å². The fraction of sp³-hybridized carbons (Fsp3) is 0.609. The quantitative estimate of drug-likeness (QED) is 0.381. The van der Waals surface area contributed by atoms with Crippen molar-refractivity contribution in [3.05, 3.63) is 42.0 Å². The molecule has 0 amide bonds. The number of hydrogen-bond donors (Lipinski definition) is 1. The van der Waals surface area contributed by atoms with Crippen molar-refractivity contribution in [2.75, 3.05) is 66.0 Å². The lowest BCUT2D eigenvalue weighted by Crippen LogP contribution is -2.52. The molecular formula is C23H39N5. The molecule has 2 rings (SSSR count). The van der Waals surface area contributed by atoms with E-state index >= 15 is 0 Å². The Labute approximate surface area is 172 Å². The van der Waals surface area contributed by atoms with Crippen LogP contribution in [0.25, 0.3) is 6.08 Å². The lowest BCUT2D eigenvalue weighted by Gasteiger charge is -2.36. The zero-order chi connectivity index (χ0) is 20.0. The van der Waals surface area contributed by atoms with Gasteiger partial charge in [-0.1, -0.05) is 56.3 Å². The molecule has 5 nitrogen and oxygen atoms in total. The van der Waals surface area contributed by atoms with E-state index in [4.69, 9.17) is 0 Å². The van der Waals surface area contributed by atoms with Crippen LogP contribution in [0.15, 0.2) is 41.4 Å². The molecular weight excluding hydrogens is 346 g/mol. The molecule has 0 aromatic heterocycles. The first-order valence-corrected chi connectivity index (χ1v) is 10.9. The van der Waals surface area contributed by atoms with E-state index in [1.165, 1.54) is 24.9 Å². The van der Waals surface area contributed by atoms with Gasteiger partial charge in [0.25, 0.3) is 0 Å². The number of rotatable bonds is 10. The lowest BCUT2D eigenvalue weighted by molar-refractivity contribution is 0.194. The van der Waals surface area contributed by atoms with Crippen LogP contribution in [0.5, 0.6) is 0 Å². The highest BCUT2D eigenvalue weighted by atomic mass is 15.3. The van der Waals surface area contributed by atoms with Gasteiger partial charge in [-0.3, -0.25) is 9.89 Å². The summed E-state index contributed by atoms with van der Waals surface area (Å²) in [5.41, 5.74) is 1.27. The Balaban J connectivity index is 1.63. The monoisotopic (exact) mass is 385 g/mol. The van der Waals surface area contributed by atoms with Gasteiger partial charge in [0.15, 0.2) is 5.96 Å². The topological polar surface area (TPSA) is 34.1 Å². The predicted octanol–water partition coefficient (Wildman–Crippen LogP) is 3.01. The van der Waals surface area contributed by atoms with Crippen LogP contribution in [0.1, 0.15) is 32.3 Å². The molecule has 0 radical (unpaired) electrons. The number of piperazine rings is 1. The molecule has 0 saturated carbocycles. The molecule has 0 spiro atoms. The summed E-state index contributed by atoms with van der Waals surface area (Å²) in [6.07, 6.45) is 6.92. The predicted molar refractivity (Wildman–Crippen MR) is 122 cm³/mol. The molecule has 1 aliphatic rings.